The van der Waals surface area contributed by atoms with Gasteiger partial charge in [-0.05, 0) is 58.1 Å². The van der Waals surface area contributed by atoms with Crippen LogP contribution in [0.4, 0.5) is 4.79 Å². The van der Waals surface area contributed by atoms with Crippen molar-refractivity contribution in [2.75, 3.05) is 13.2 Å². The first kappa shape index (κ1) is 27.5. The number of carbonyl (C=O) groups is 2. The van der Waals surface area contributed by atoms with Crippen molar-refractivity contribution in [1.82, 2.24) is 9.80 Å². The van der Waals surface area contributed by atoms with Crippen molar-refractivity contribution in [2.24, 2.45) is 0 Å². The summed E-state index contributed by atoms with van der Waals surface area (Å²) in [6.45, 7) is 9.95. The molecule has 194 valence electrons. The molecule has 0 N–H and O–H groups in total. The minimum absolute atomic E-state index is 0.0959. The maximum atomic E-state index is 13.3. The van der Waals surface area contributed by atoms with E-state index in [2.05, 4.69) is 53.4 Å². The first-order chi connectivity index (χ1) is 17.3. The summed E-state index contributed by atoms with van der Waals surface area (Å²) in [6.07, 6.45) is 5.39. The molecule has 0 saturated carbocycles. The zero-order chi connectivity index (χ0) is 26.0. The van der Waals surface area contributed by atoms with Gasteiger partial charge >= 0.3 is 12.1 Å². The Morgan fingerprint density at radius 3 is 2.11 bits per heavy atom. The summed E-state index contributed by atoms with van der Waals surface area (Å²) in [4.78, 5) is 29.6. The number of piperidine rings is 1. The molecule has 0 aromatic heterocycles. The lowest BCUT2D eigenvalue weighted by Crippen LogP contribution is -2.57. The number of amides is 1. The van der Waals surface area contributed by atoms with E-state index in [0.717, 1.165) is 25.9 Å². The number of carbonyl (C=O) groups excluding carboxylic acids is 2. The van der Waals surface area contributed by atoms with Crippen molar-refractivity contribution in [3.05, 3.63) is 83.9 Å². The number of likely N-dealkylation sites (tertiary alicyclic amines) is 1. The molecule has 1 fully saturated rings. The Morgan fingerprint density at radius 1 is 1.00 bits per heavy atom. The van der Waals surface area contributed by atoms with Crippen LogP contribution in [-0.4, -0.2) is 52.7 Å². The first-order valence-electron chi connectivity index (χ1n) is 12.9. The van der Waals surface area contributed by atoms with Gasteiger partial charge in [0.05, 0.1) is 12.6 Å². The second-order valence-electron chi connectivity index (χ2n) is 10.2. The summed E-state index contributed by atoms with van der Waals surface area (Å²) in [6, 6.07) is 20.8. The van der Waals surface area contributed by atoms with E-state index in [9.17, 15) is 9.59 Å². The lowest BCUT2D eigenvalue weighted by molar-refractivity contribution is -0.137. The Labute approximate surface area is 215 Å². The molecular formula is C30H40N2O4. The highest BCUT2D eigenvalue weighted by Gasteiger charge is 2.38. The molecule has 1 aliphatic heterocycles. The number of benzene rings is 2. The standard InChI is InChI=1S/C30H40N2O4/c1-5-35-28(33)20-12-18-27-26(19-13-21-32(27)29(34)36-30(2,3)4)31(22-24-14-8-6-9-15-24)23-25-16-10-7-11-17-25/h6-12,14-17,20,26-27H,5,13,18-19,21-23H2,1-4H3/b20-12+/t26-,27+/m0/s1. The van der Waals surface area contributed by atoms with E-state index in [0.29, 0.717) is 19.6 Å². The molecule has 2 atom stereocenters. The third-order valence-corrected chi connectivity index (χ3v) is 6.22. The van der Waals surface area contributed by atoms with Gasteiger partial charge in [0, 0.05) is 31.8 Å². The van der Waals surface area contributed by atoms with Gasteiger partial charge in [-0.3, -0.25) is 4.90 Å². The van der Waals surface area contributed by atoms with Crippen LogP contribution in [0.2, 0.25) is 0 Å². The normalized spacial score (nSPS) is 18.4. The predicted octanol–water partition coefficient (Wildman–Crippen LogP) is 5.97. The molecule has 1 aliphatic rings. The Morgan fingerprint density at radius 2 is 1.58 bits per heavy atom. The molecule has 0 aliphatic carbocycles. The summed E-state index contributed by atoms with van der Waals surface area (Å²) in [5, 5.41) is 0. The molecule has 6 nitrogen and oxygen atoms in total. The van der Waals surface area contributed by atoms with Gasteiger partial charge in [-0.2, -0.15) is 0 Å². The molecule has 0 spiro atoms. The van der Waals surface area contributed by atoms with Gasteiger partial charge in [0.15, 0.2) is 0 Å². The van der Waals surface area contributed by atoms with Crippen molar-refractivity contribution in [1.29, 1.82) is 0 Å². The zero-order valence-corrected chi connectivity index (χ0v) is 22.1. The molecule has 36 heavy (non-hydrogen) atoms. The third kappa shape index (κ3) is 8.52. The van der Waals surface area contributed by atoms with Crippen LogP contribution in [0.1, 0.15) is 58.1 Å². The first-order valence-corrected chi connectivity index (χ1v) is 12.9. The minimum Gasteiger partial charge on any atom is -0.463 e. The van der Waals surface area contributed by atoms with Crippen LogP contribution in [0, 0.1) is 0 Å². The Kier molecular flexibility index (Phi) is 10.1. The van der Waals surface area contributed by atoms with Gasteiger partial charge in [0.2, 0.25) is 0 Å². The van der Waals surface area contributed by atoms with E-state index in [-0.39, 0.29) is 24.1 Å². The van der Waals surface area contributed by atoms with Crippen molar-refractivity contribution >= 4 is 12.1 Å². The van der Waals surface area contributed by atoms with Gasteiger partial charge in [-0.1, -0.05) is 66.7 Å². The third-order valence-electron chi connectivity index (χ3n) is 6.22. The maximum absolute atomic E-state index is 13.3. The molecule has 0 radical (unpaired) electrons. The molecule has 3 rings (SSSR count). The molecule has 0 bridgehead atoms. The summed E-state index contributed by atoms with van der Waals surface area (Å²) < 4.78 is 10.9. The van der Waals surface area contributed by atoms with Gasteiger partial charge in [-0.25, -0.2) is 9.59 Å². The van der Waals surface area contributed by atoms with Crippen molar-refractivity contribution in [3.8, 4) is 0 Å². The SMILES string of the molecule is CCOC(=O)/C=C/C[C@@H]1[C@@H](N(Cc2ccccc2)Cc2ccccc2)CCCN1C(=O)OC(C)(C)C. The van der Waals surface area contributed by atoms with E-state index in [1.165, 1.54) is 17.2 Å². The molecule has 1 amide bonds. The highest BCUT2D eigenvalue weighted by molar-refractivity contribution is 5.81. The van der Waals surface area contributed by atoms with Crippen molar-refractivity contribution in [3.63, 3.8) is 0 Å². The summed E-state index contributed by atoms with van der Waals surface area (Å²) in [7, 11) is 0. The monoisotopic (exact) mass is 492 g/mol. The highest BCUT2D eigenvalue weighted by atomic mass is 16.6. The molecule has 1 heterocycles. The fourth-order valence-electron chi connectivity index (χ4n) is 4.71. The van der Waals surface area contributed by atoms with Crippen LogP contribution in [0.3, 0.4) is 0 Å². The average Bonchev–Trinajstić information content (AvgIpc) is 2.84. The second-order valence-corrected chi connectivity index (χ2v) is 10.2. The van der Waals surface area contributed by atoms with Crippen molar-refractivity contribution < 1.29 is 19.1 Å². The van der Waals surface area contributed by atoms with E-state index >= 15 is 0 Å². The number of esters is 1. The molecule has 1 saturated heterocycles. The lowest BCUT2D eigenvalue weighted by Gasteiger charge is -2.46. The largest absolute Gasteiger partial charge is 0.463 e. The van der Waals surface area contributed by atoms with Crippen LogP contribution < -0.4 is 0 Å². The number of ether oxygens (including phenoxy) is 2. The van der Waals surface area contributed by atoms with Crippen LogP contribution in [-0.2, 0) is 27.4 Å². The molecule has 0 unspecified atom stereocenters. The topological polar surface area (TPSA) is 59.1 Å². The van der Waals surface area contributed by atoms with Gasteiger partial charge in [0.25, 0.3) is 0 Å². The fraction of sp³-hybridized carbons (Fsp3) is 0.467. The fourth-order valence-corrected chi connectivity index (χ4v) is 4.71. The van der Waals surface area contributed by atoms with E-state index < -0.39 is 5.60 Å². The van der Waals surface area contributed by atoms with Crippen LogP contribution in [0.5, 0.6) is 0 Å². The van der Waals surface area contributed by atoms with Crippen LogP contribution >= 0.6 is 0 Å². The quantitative estimate of drug-likeness (QED) is 0.319. The van der Waals surface area contributed by atoms with E-state index in [4.69, 9.17) is 9.47 Å². The second kappa shape index (κ2) is 13.3. The van der Waals surface area contributed by atoms with Crippen LogP contribution in [0.25, 0.3) is 0 Å². The van der Waals surface area contributed by atoms with E-state index in [1.807, 2.05) is 43.9 Å². The van der Waals surface area contributed by atoms with Gasteiger partial charge in [0.1, 0.15) is 5.60 Å². The van der Waals surface area contributed by atoms with Crippen LogP contribution in [0.15, 0.2) is 72.8 Å². The Bertz CT molecular complexity index is 944. The van der Waals surface area contributed by atoms with Crippen molar-refractivity contribution in [2.45, 2.75) is 77.7 Å². The maximum Gasteiger partial charge on any atom is 0.410 e. The molecular weight excluding hydrogens is 452 g/mol. The molecule has 2 aromatic rings. The molecule has 2 aromatic carbocycles. The lowest BCUT2D eigenvalue weighted by atomic mass is 9.91. The average molecular weight is 493 g/mol. The number of hydrogen-bond acceptors (Lipinski definition) is 5. The Balaban J connectivity index is 1.92. The molecule has 6 heteroatoms. The van der Waals surface area contributed by atoms with Gasteiger partial charge in [-0.15, -0.1) is 0 Å². The summed E-state index contributed by atoms with van der Waals surface area (Å²) in [5.74, 6) is -0.362. The van der Waals surface area contributed by atoms with Gasteiger partial charge < -0.3 is 14.4 Å². The smallest absolute Gasteiger partial charge is 0.410 e. The Hall–Kier alpha value is -3.12. The number of hydrogen-bond donors (Lipinski definition) is 0. The highest BCUT2D eigenvalue weighted by Crippen LogP contribution is 2.29. The minimum atomic E-state index is -0.580. The number of nitrogens with zero attached hydrogens (tertiary/aromatic N) is 2. The predicted molar refractivity (Wildman–Crippen MR) is 142 cm³/mol. The number of rotatable bonds is 9. The summed E-state index contributed by atoms with van der Waals surface area (Å²) >= 11 is 0. The zero-order valence-electron chi connectivity index (χ0n) is 22.1. The van der Waals surface area contributed by atoms with E-state index in [1.54, 1.807) is 6.92 Å². The summed E-state index contributed by atoms with van der Waals surface area (Å²) in [5.41, 5.74) is 1.87.